The third-order valence-corrected chi connectivity index (χ3v) is 6.40. The summed E-state index contributed by atoms with van der Waals surface area (Å²) in [5, 5.41) is 11.3. The van der Waals surface area contributed by atoms with E-state index in [1.165, 1.54) is 11.8 Å². The molecule has 1 aromatic carbocycles. The van der Waals surface area contributed by atoms with Crippen molar-refractivity contribution in [1.29, 1.82) is 0 Å². The Morgan fingerprint density at radius 1 is 1.17 bits per heavy atom. The van der Waals surface area contributed by atoms with Crippen molar-refractivity contribution in [1.82, 2.24) is 14.8 Å². The number of anilines is 1. The van der Waals surface area contributed by atoms with Gasteiger partial charge in [0.2, 0.25) is 11.0 Å². The highest BCUT2D eigenvalue weighted by molar-refractivity contribution is 8.00. The number of hydrogen-bond acceptors (Lipinski definition) is 6. The number of pyridine rings is 1. The van der Waals surface area contributed by atoms with Gasteiger partial charge in [0.25, 0.3) is 5.56 Å². The molecule has 2 heterocycles. The summed E-state index contributed by atoms with van der Waals surface area (Å²) in [6.45, 7) is -0.597. The van der Waals surface area contributed by atoms with E-state index in [1.54, 1.807) is 18.2 Å². The van der Waals surface area contributed by atoms with Gasteiger partial charge in [-0.1, -0.05) is 52.4 Å². The molecule has 0 bridgehead atoms. The predicted molar refractivity (Wildman–Crippen MR) is 110 cm³/mol. The third-order valence-electron chi connectivity index (χ3n) is 3.69. The topological polar surface area (TPSA) is 76.9 Å². The van der Waals surface area contributed by atoms with Crippen molar-refractivity contribution in [2.24, 2.45) is 0 Å². The maximum atomic E-state index is 12.8. The van der Waals surface area contributed by atoms with Gasteiger partial charge < -0.3 is 4.57 Å². The summed E-state index contributed by atoms with van der Waals surface area (Å²) in [6.07, 6.45) is -3.70. The van der Waals surface area contributed by atoms with Crippen molar-refractivity contribution in [3.63, 3.8) is 0 Å². The fourth-order valence-corrected chi connectivity index (χ4v) is 4.82. The minimum absolute atomic E-state index is 0.146. The highest BCUT2D eigenvalue weighted by Gasteiger charge is 2.34. The van der Waals surface area contributed by atoms with E-state index in [4.69, 9.17) is 23.2 Å². The van der Waals surface area contributed by atoms with Gasteiger partial charge in [-0.3, -0.25) is 14.9 Å². The van der Waals surface area contributed by atoms with Crippen LogP contribution in [-0.2, 0) is 23.3 Å². The van der Waals surface area contributed by atoms with Crippen LogP contribution in [0, 0.1) is 0 Å². The molecule has 0 saturated heterocycles. The normalized spacial score (nSPS) is 11.5. The van der Waals surface area contributed by atoms with Crippen molar-refractivity contribution in [2.45, 2.75) is 22.8 Å². The van der Waals surface area contributed by atoms with Gasteiger partial charge in [0.1, 0.15) is 12.1 Å². The van der Waals surface area contributed by atoms with Crippen LogP contribution in [0.2, 0.25) is 10.0 Å². The van der Waals surface area contributed by atoms with E-state index in [-0.39, 0.29) is 5.13 Å². The van der Waals surface area contributed by atoms with Gasteiger partial charge in [0.15, 0.2) is 4.34 Å². The molecular weight excluding hydrogens is 484 g/mol. The predicted octanol–water partition coefficient (Wildman–Crippen LogP) is 4.96. The lowest BCUT2D eigenvalue weighted by molar-refractivity contribution is -0.139. The number of hydrogen-bond donors (Lipinski definition) is 1. The fraction of sp³-hybridized carbons (Fsp3) is 0.176. The average molecular weight is 495 g/mol. The molecule has 0 atom stereocenters. The molecule has 6 nitrogen and oxygen atoms in total. The molecular formula is C17H11Cl2F3N4O2S2. The Balaban J connectivity index is 1.63. The van der Waals surface area contributed by atoms with E-state index < -0.39 is 29.8 Å². The molecule has 0 aliphatic carbocycles. The van der Waals surface area contributed by atoms with E-state index >= 15 is 0 Å². The molecule has 0 aliphatic rings. The van der Waals surface area contributed by atoms with E-state index in [0.717, 1.165) is 29.2 Å². The molecule has 0 aliphatic heterocycles. The van der Waals surface area contributed by atoms with Crippen LogP contribution in [0.3, 0.4) is 0 Å². The molecule has 30 heavy (non-hydrogen) atoms. The molecule has 0 spiro atoms. The average Bonchev–Trinajstić information content (AvgIpc) is 3.09. The van der Waals surface area contributed by atoms with E-state index in [2.05, 4.69) is 15.5 Å². The van der Waals surface area contributed by atoms with Crippen molar-refractivity contribution in [3.05, 3.63) is 68.1 Å². The lowest BCUT2D eigenvalue weighted by Crippen LogP contribution is -2.31. The second-order valence-corrected chi connectivity index (χ2v) is 8.78. The minimum Gasteiger partial charge on any atom is -0.306 e. The summed E-state index contributed by atoms with van der Waals surface area (Å²) in [5.41, 5.74) is -1.91. The number of thioether (sulfide) groups is 1. The first-order valence-electron chi connectivity index (χ1n) is 8.11. The van der Waals surface area contributed by atoms with Crippen LogP contribution >= 0.6 is 46.3 Å². The third kappa shape index (κ3) is 5.54. The quantitative estimate of drug-likeness (QED) is 0.387. The van der Waals surface area contributed by atoms with Crippen molar-refractivity contribution in [2.75, 3.05) is 5.32 Å². The first-order valence-corrected chi connectivity index (χ1v) is 10.7. The Kier molecular flexibility index (Phi) is 7.06. The van der Waals surface area contributed by atoms with Gasteiger partial charge in [-0.25, -0.2) is 0 Å². The lowest BCUT2D eigenvalue weighted by Gasteiger charge is -2.09. The van der Waals surface area contributed by atoms with Gasteiger partial charge in [0, 0.05) is 22.0 Å². The van der Waals surface area contributed by atoms with Crippen molar-refractivity contribution >= 4 is 57.3 Å². The Bertz CT molecular complexity index is 1110. The van der Waals surface area contributed by atoms with E-state index in [0.29, 0.717) is 30.8 Å². The van der Waals surface area contributed by atoms with Crippen LogP contribution in [0.4, 0.5) is 18.3 Å². The fourth-order valence-electron chi connectivity index (χ4n) is 2.31. The van der Waals surface area contributed by atoms with Crippen molar-refractivity contribution < 1.29 is 18.0 Å². The zero-order chi connectivity index (χ0) is 21.9. The first kappa shape index (κ1) is 22.6. The smallest absolute Gasteiger partial charge is 0.306 e. The zero-order valence-corrected chi connectivity index (χ0v) is 17.9. The molecule has 0 unspecified atom stereocenters. The monoisotopic (exact) mass is 494 g/mol. The summed E-state index contributed by atoms with van der Waals surface area (Å²) < 4.78 is 39.6. The molecule has 0 fully saturated rings. The largest absolute Gasteiger partial charge is 0.421 e. The number of amides is 1. The number of rotatable bonds is 6. The summed E-state index contributed by atoms with van der Waals surface area (Å²) in [6, 6.07) is 6.87. The Morgan fingerprint density at radius 2 is 1.87 bits per heavy atom. The highest BCUT2D eigenvalue weighted by Crippen LogP contribution is 2.33. The SMILES string of the molecule is O=C(Cn1cccc(C(F)(F)F)c1=O)Nc1nnc(SCc2c(Cl)cccc2Cl)s1. The first-order chi connectivity index (χ1) is 14.1. The minimum atomic E-state index is -4.80. The number of benzene rings is 1. The zero-order valence-electron chi connectivity index (χ0n) is 14.7. The molecule has 13 heteroatoms. The maximum absolute atomic E-state index is 12.8. The summed E-state index contributed by atoms with van der Waals surface area (Å²) in [4.78, 5) is 24.0. The van der Waals surface area contributed by atoms with E-state index in [1.807, 2.05) is 0 Å². The molecule has 0 radical (unpaired) electrons. The standard InChI is InChI=1S/C17H11Cl2F3N4O2S2/c18-11-4-1-5-12(19)9(11)8-29-16-25-24-15(30-16)23-13(27)7-26-6-2-3-10(14(26)28)17(20,21)22/h1-6H,7-8H2,(H,23,24,27). The number of aromatic nitrogens is 3. The molecule has 1 amide bonds. The molecule has 3 aromatic rings. The maximum Gasteiger partial charge on any atom is 0.421 e. The Labute approximate surface area is 186 Å². The number of nitrogens with zero attached hydrogens (tertiary/aromatic N) is 3. The number of nitrogens with one attached hydrogen (secondary N) is 1. The van der Waals surface area contributed by atoms with Crippen LogP contribution in [-0.4, -0.2) is 20.7 Å². The Morgan fingerprint density at radius 3 is 2.53 bits per heavy atom. The van der Waals surface area contributed by atoms with Crippen LogP contribution in [0.5, 0.6) is 0 Å². The van der Waals surface area contributed by atoms with Crippen LogP contribution < -0.4 is 10.9 Å². The number of halogens is 5. The van der Waals surface area contributed by atoms with Crippen LogP contribution in [0.25, 0.3) is 0 Å². The summed E-state index contributed by atoms with van der Waals surface area (Å²) >= 11 is 14.6. The lowest BCUT2D eigenvalue weighted by atomic mass is 10.2. The second kappa shape index (κ2) is 9.38. The van der Waals surface area contributed by atoms with Crippen LogP contribution in [0.1, 0.15) is 11.1 Å². The summed E-state index contributed by atoms with van der Waals surface area (Å²) in [7, 11) is 0. The number of alkyl halides is 3. The van der Waals surface area contributed by atoms with Gasteiger partial charge in [-0.15, -0.1) is 10.2 Å². The molecule has 158 valence electrons. The molecule has 3 rings (SSSR count). The Hall–Kier alpha value is -2.08. The second-order valence-electron chi connectivity index (χ2n) is 5.76. The van der Waals surface area contributed by atoms with E-state index in [9.17, 15) is 22.8 Å². The van der Waals surface area contributed by atoms with Gasteiger partial charge in [-0.2, -0.15) is 13.2 Å². The molecule has 0 saturated carbocycles. The molecule has 2 aromatic heterocycles. The molecule has 1 N–H and O–H groups in total. The van der Waals surface area contributed by atoms with Crippen molar-refractivity contribution in [3.8, 4) is 0 Å². The summed E-state index contributed by atoms with van der Waals surface area (Å²) in [5.74, 6) is -0.279. The number of carbonyl (C=O) groups is 1. The van der Waals surface area contributed by atoms with Gasteiger partial charge >= 0.3 is 6.18 Å². The van der Waals surface area contributed by atoms with Gasteiger partial charge in [0.05, 0.1) is 0 Å². The highest BCUT2D eigenvalue weighted by atomic mass is 35.5. The number of carbonyl (C=O) groups excluding carboxylic acids is 1. The van der Waals surface area contributed by atoms with Crippen LogP contribution in [0.15, 0.2) is 45.7 Å². The van der Waals surface area contributed by atoms with Gasteiger partial charge in [-0.05, 0) is 29.8 Å².